The molecule has 0 atom stereocenters. The lowest BCUT2D eigenvalue weighted by atomic mass is 10.0. The average Bonchev–Trinajstić information content (AvgIpc) is 3.61. The number of fused-ring (bicyclic) bond motifs is 6. The Morgan fingerprint density at radius 2 is 0.795 bits per heavy atom. The zero-order valence-corrected chi connectivity index (χ0v) is 23.8. The molecule has 9 aromatic rings. The average molecular weight is 563 g/mol. The van der Waals surface area contributed by atoms with Crippen LogP contribution in [-0.4, -0.2) is 19.1 Å². The lowest BCUT2D eigenvalue weighted by Gasteiger charge is -2.13. The van der Waals surface area contributed by atoms with E-state index in [4.69, 9.17) is 0 Å². The molecule has 0 amide bonds. The first-order valence-electron chi connectivity index (χ1n) is 14.8. The van der Waals surface area contributed by atoms with Crippen LogP contribution in [0.1, 0.15) is 0 Å². The summed E-state index contributed by atoms with van der Waals surface area (Å²) in [6.45, 7) is 0. The Hall–Kier alpha value is -6.00. The van der Waals surface area contributed by atoms with Crippen LogP contribution in [0.5, 0.6) is 0 Å². The van der Waals surface area contributed by atoms with Gasteiger partial charge >= 0.3 is 0 Å². The van der Waals surface area contributed by atoms with Crippen molar-refractivity contribution in [3.8, 4) is 33.6 Å². The first-order valence-corrected chi connectivity index (χ1v) is 14.8. The first kappa shape index (κ1) is 24.6. The number of pyridine rings is 2. The Balaban J connectivity index is 1.25. The second kappa shape index (κ2) is 9.79. The van der Waals surface area contributed by atoms with Gasteiger partial charge in [0.05, 0.1) is 22.1 Å². The van der Waals surface area contributed by atoms with Crippen molar-refractivity contribution in [3.63, 3.8) is 0 Å². The molecule has 0 N–H and O–H groups in total. The largest absolute Gasteiger partial charge is 0.309 e. The van der Waals surface area contributed by atoms with E-state index in [1.807, 2.05) is 24.8 Å². The molecule has 0 fully saturated rings. The van der Waals surface area contributed by atoms with E-state index >= 15 is 0 Å². The number of rotatable bonds is 4. The van der Waals surface area contributed by atoms with Crippen LogP contribution in [-0.2, 0) is 0 Å². The normalized spacial score (nSPS) is 11.6. The molecule has 0 saturated heterocycles. The molecule has 0 saturated carbocycles. The van der Waals surface area contributed by atoms with Gasteiger partial charge in [-0.1, -0.05) is 78.9 Å². The van der Waals surface area contributed by atoms with Crippen LogP contribution in [0.25, 0.3) is 77.2 Å². The molecule has 0 bridgehead atoms. The van der Waals surface area contributed by atoms with E-state index in [0.717, 1.165) is 44.2 Å². The van der Waals surface area contributed by atoms with Crippen LogP contribution >= 0.6 is 0 Å². The van der Waals surface area contributed by atoms with Gasteiger partial charge in [-0.15, -0.1) is 0 Å². The zero-order chi connectivity index (χ0) is 29.0. The van der Waals surface area contributed by atoms with Crippen LogP contribution in [0.2, 0.25) is 0 Å². The molecular formula is C40H26N4. The maximum absolute atomic E-state index is 4.50. The van der Waals surface area contributed by atoms with Gasteiger partial charge in [0, 0.05) is 57.7 Å². The van der Waals surface area contributed by atoms with Crippen LogP contribution < -0.4 is 0 Å². The molecule has 4 heteroatoms. The second-order valence-electron chi connectivity index (χ2n) is 11.2. The van der Waals surface area contributed by atoms with Crippen LogP contribution in [0.3, 0.4) is 0 Å². The SMILES string of the molecule is c1ccc(-c2ccc3c(c2)c2cnccc2n3-c2cccc(-n3c4ccncc4c4cc(-c5ccccc5)ccc43)c2)cc1. The molecule has 0 aliphatic carbocycles. The van der Waals surface area contributed by atoms with Gasteiger partial charge in [0.2, 0.25) is 0 Å². The monoisotopic (exact) mass is 562 g/mol. The Morgan fingerprint density at radius 3 is 1.27 bits per heavy atom. The number of nitrogens with zero attached hydrogens (tertiary/aromatic N) is 4. The topological polar surface area (TPSA) is 35.6 Å². The van der Waals surface area contributed by atoms with Gasteiger partial charge in [-0.2, -0.15) is 0 Å². The van der Waals surface area contributed by atoms with Crippen molar-refractivity contribution in [2.45, 2.75) is 0 Å². The van der Waals surface area contributed by atoms with Crippen LogP contribution in [0.15, 0.2) is 158 Å². The van der Waals surface area contributed by atoms with Crippen molar-refractivity contribution < 1.29 is 0 Å². The number of hydrogen-bond acceptors (Lipinski definition) is 2. The third kappa shape index (κ3) is 3.78. The fourth-order valence-corrected chi connectivity index (χ4v) is 6.68. The quantitative estimate of drug-likeness (QED) is 0.214. The fraction of sp³-hybridized carbons (Fsp3) is 0. The number of benzene rings is 5. The predicted molar refractivity (Wildman–Crippen MR) is 182 cm³/mol. The number of hydrogen-bond donors (Lipinski definition) is 0. The van der Waals surface area contributed by atoms with Crippen LogP contribution in [0, 0.1) is 0 Å². The van der Waals surface area contributed by atoms with E-state index in [-0.39, 0.29) is 0 Å². The maximum Gasteiger partial charge on any atom is 0.0571 e. The minimum Gasteiger partial charge on any atom is -0.309 e. The van der Waals surface area contributed by atoms with Crippen molar-refractivity contribution in [1.29, 1.82) is 0 Å². The molecule has 0 radical (unpaired) electrons. The summed E-state index contributed by atoms with van der Waals surface area (Å²) in [6.07, 6.45) is 7.72. The highest BCUT2D eigenvalue weighted by Gasteiger charge is 2.17. The summed E-state index contributed by atoms with van der Waals surface area (Å²) < 4.78 is 4.71. The zero-order valence-electron chi connectivity index (χ0n) is 23.8. The van der Waals surface area contributed by atoms with E-state index in [1.54, 1.807) is 0 Å². The standard InChI is InChI=1S/C40H26N4/c1-3-8-27(9-4-1)29-14-16-37-33(22-29)35-25-41-20-18-39(35)43(37)31-12-7-13-32(24-31)44-38-17-15-30(28-10-5-2-6-11-28)23-34(38)36-26-42-21-19-40(36)44/h1-26H. The van der Waals surface area contributed by atoms with Gasteiger partial charge in [0.1, 0.15) is 0 Å². The molecular weight excluding hydrogens is 536 g/mol. The minimum atomic E-state index is 1.10. The summed E-state index contributed by atoms with van der Waals surface area (Å²) in [5.41, 5.74) is 11.6. The summed E-state index contributed by atoms with van der Waals surface area (Å²) >= 11 is 0. The van der Waals surface area contributed by atoms with Gasteiger partial charge in [-0.3, -0.25) is 9.97 Å². The third-order valence-electron chi connectivity index (χ3n) is 8.69. The van der Waals surface area contributed by atoms with Crippen molar-refractivity contribution >= 4 is 43.6 Å². The Bertz CT molecular complexity index is 2320. The molecule has 4 heterocycles. The van der Waals surface area contributed by atoms with Gasteiger partial charge in [0.25, 0.3) is 0 Å². The second-order valence-corrected chi connectivity index (χ2v) is 11.2. The molecule has 4 nitrogen and oxygen atoms in total. The van der Waals surface area contributed by atoms with Crippen LogP contribution in [0.4, 0.5) is 0 Å². The molecule has 44 heavy (non-hydrogen) atoms. The van der Waals surface area contributed by atoms with E-state index in [1.165, 1.54) is 33.0 Å². The van der Waals surface area contributed by atoms with E-state index in [0.29, 0.717) is 0 Å². The Morgan fingerprint density at radius 1 is 0.341 bits per heavy atom. The summed E-state index contributed by atoms with van der Waals surface area (Å²) in [4.78, 5) is 9.01. The predicted octanol–water partition coefficient (Wildman–Crippen LogP) is 10.0. The van der Waals surface area contributed by atoms with Crippen molar-refractivity contribution in [1.82, 2.24) is 19.1 Å². The lowest BCUT2D eigenvalue weighted by Crippen LogP contribution is -1.98. The van der Waals surface area contributed by atoms with E-state index in [9.17, 15) is 0 Å². The fourth-order valence-electron chi connectivity index (χ4n) is 6.68. The molecule has 0 aliphatic rings. The van der Waals surface area contributed by atoms with Crippen molar-refractivity contribution in [2.75, 3.05) is 0 Å². The summed E-state index contributed by atoms with van der Waals surface area (Å²) in [6, 6.07) is 47.6. The number of aromatic nitrogens is 4. The molecule has 0 spiro atoms. The molecule has 4 aromatic heterocycles. The summed E-state index contributed by atoms with van der Waals surface area (Å²) in [5, 5.41) is 4.66. The molecule has 0 aliphatic heterocycles. The third-order valence-corrected chi connectivity index (χ3v) is 8.69. The molecule has 5 aromatic carbocycles. The maximum atomic E-state index is 4.50. The van der Waals surface area contributed by atoms with E-state index < -0.39 is 0 Å². The van der Waals surface area contributed by atoms with Gasteiger partial charge in [-0.25, -0.2) is 0 Å². The van der Waals surface area contributed by atoms with E-state index in [2.05, 4.69) is 153 Å². The molecule has 9 rings (SSSR count). The Labute approximate surface area is 254 Å². The molecule has 0 unspecified atom stereocenters. The van der Waals surface area contributed by atoms with Gasteiger partial charge < -0.3 is 9.13 Å². The van der Waals surface area contributed by atoms with Crippen molar-refractivity contribution in [3.05, 3.63) is 158 Å². The highest BCUT2D eigenvalue weighted by molar-refractivity contribution is 6.11. The lowest BCUT2D eigenvalue weighted by molar-refractivity contribution is 1.13. The van der Waals surface area contributed by atoms with Gasteiger partial charge in [0.15, 0.2) is 0 Å². The smallest absolute Gasteiger partial charge is 0.0571 e. The summed E-state index contributed by atoms with van der Waals surface area (Å²) in [5.74, 6) is 0. The highest BCUT2D eigenvalue weighted by Crippen LogP contribution is 2.37. The van der Waals surface area contributed by atoms with Gasteiger partial charge in [-0.05, 0) is 76.9 Å². The highest BCUT2D eigenvalue weighted by atomic mass is 15.0. The Kier molecular flexibility index (Phi) is 5.47. The first-order chi connectivity index (χ1) is 21.8. The van der Waals surface area contributed by atoms with Crippen molar-refractivity contribution in [2.24, 2.45) is 0 Å². The molecule has 206 valence electrons. The summed E-state index contributed by atoms with van der Waals surface area (Å²) in [7, 11) is 0. The minimum absolute atomic E-state index is 1.10.